The minimum Gasteiger partial charge on any atom is -0.323 e. The molecule has 0 bridgehead atoms. The Kier molecular flexibility index (Phi) is 3.50. The Bertz CT molecular complexity index is 661. The SMILES string of the molecule is CC1(C)Cc2nc(-c3csc(C(C)(C)C)n3)sc2C(N)C1. The van der Waals surface area contributed by atoms with Crippen molar-refractivity contribution in [3.8, 4) is 10.7 Å². The van der Waals surface area contributed by atoms with Gasteiger partial charge in [-0.3, -0.25) is 0 Å². The minimum atomic E-state index is 0.0954. The van der Waals surface area contributed by atoms with Gasteiger partial charge in [0, 0.05) is 21.7 Å². The number of aromatic nitrogens is 2. The van der Waals surface area contributed by atoms with Crippen LogP contribution in [0.25, 0.3) is 10.7 Å². The summed E-state index contributed by atoms with van der Waals surface area (Å²) in [5, 5.41) is 4.32. The number of rotatable bonds is 1. The summed E-state index contributed by atoms with van der Waals surface area (Å²) in [5.41, 5.74) is 8.88. The van der Waals surface area contributed by atoms with E-state index < -0.39 is 0 Å². The molecule has 2 aromatic rings. The Morgan fingerprint density at radius 2 is 2.00 bits per heavy atom. The normalized spacial score (nSPS) is 21.3. The molecule has 0 aromatic carbocycles. The number of nitrogens with zero attached hydrogens (tertiary/aromatic N) is 2. The van der Waals surface area contributed by atoms with E-state index >= 15 is 0 Å². The Hall–Kier alpha value is -0.780. The van der Waals surface area contributed by atoms with Crippen molar-refractivity contribution in [3.05, 3.63) is 21.0 Å². The van der Waals surface area contributed by atoms with Crippen LogP contribution >= 0.6 is 22.7 Å². The first-order valence-electron chi connectivity index (χ1n) is 7.37. The highest BCUT2D eigenvalue weighted by Crippen LogP contribution is 2.44. The summed E-state index contributed by atoms with van der Waals surface area (Å²) in [5.74, 6) is 0. The van der Waals surface area contributed by atoms with Crippen molar-refractivity contribution in [2.45, 2.75) is 58.9 Å². The summed E-state index contributed by atoms with van der Waals surface area (Å²) in [6.45, 7) is 11.1. The second-order valence-corrected chi connectivity index (χ2v) is 9.66. The van der Waals surface area contributed by atoms with Crippen molar-refractivity contribution in [1.82, 2.24) is 9.97 Å². The quantitative estimate of drug-likeness (QED) is 0.839. The summed E-state index contributed by atoms with van der Waals surface area (Å²) in [4.78, 5) is 10.9. The van der Waals surface area contributed by atoms with Crippen LogP contribution in [0.15, 0.2) is 5.38 Å². The molecule has 1 unspecified atom stereocenters. The smallest absolute Gasteiger partial charge is 0.143 e. The van der Waals surface area contributed by atoms with E-state index in [-0.39, 0.29) is 16.9 Å². The molecule has 3 rings (SSSR count). The fourth-order valence-electron chi connectivity index (χ4n) is 2.82. The fourth-order valence-corrected chi connectivity index (χ4v) is 4.83. The van der Waals surface area contributed by atoms with Crippen LogP contribution in [-0.2, 0) is 11.8 Å². The average molecular weight is 322 g/mol. The summed E-state index contributed by atoms with van der Waals surface area (Å²) in [6, 6.07) is 0.121. The summed E-state index contributed by atoms with van der Waals surface area (Å²) < 4.78 is 0. The van der Waals surface area contributed by atoms with E-state index in [1.807, 2.05) is 0 Å². The lowest BCUT2D eigenvalue weighted by Gasteiger charge is -2.32. The zero-order valence-electron chi connectivity index (χ0n) is 13.4. The molecule has 0 saturated heterocycles. The molecular weight excluding hydrogens is 298 g/mol. The maximum atomic E-state index is 6.34. The number of nitrogens with two attached hydrogens (primary N) is 1. The lowest BCUT2D eigenvalue weighted by atomic mass is 9.77. The molecule has 2 aromatic heterocycles. The highest BCUT2D eigenvalue weighted by Gasteiger charge is 2.33. The van der Waals surface area contributed by atoms with Crippen molar-refractivity contribution in [2.24, 2.45) is 11.1 Å². The van der Waals surface area contributed by atoms with Gasteiger partial charge < -0.3 is 5.73 Å². The van der Waals surface area contributed by atoms with Gasteiger partial charge in [0.15, 0.2) is 0 Å². The Balaban J connectivity index is 1.97. The largest absolute Gasteiger partial charge is 0.323 e. The van der Waals surface area contributed by atoms with Gasteiger partial charge in [-0.1, -0.05) is 34.6 Å². The molecule has 3 nitrogen and oxygen atoms in total. The number of thiazole rings is 2. The molecule has 0 amide bonds. The van der Waals surface area contributed by atoms with Crippen LogP contribution in [-0.4, -0.2) is 9.97 Å². The highest BCUT2D eigenvalue weighted by molar-refractivity contribution is 7.16. The molecule has 2 N–H and O–H groups in total. The average Bonchev–Trinajstić information content (AvgIpc) is 2.90. The molecule has 21 heavy (non-hydrogen) atoms. The first-order chi connectivity index (χ1) is 9.66. The van der Waals surface area contributed by atoms with Crippen LogP contribution in [0.2, 0.25) is 0 Å². The van der Waals surface area contributed by atoms with Crippen molar-refractivity contribution in [1.29, 1.82) is 0 Å². The van der Waals surface area contributed by atoms with Gasteiger partial charge in [0.1, 0.15) is 10.7 Å². The second kappa shape index (κ2) is 4.86. The van der Waals surface area contributed by atoms with E-state index in [1.54, 1.807) is 22.7 Å². The molecule has 1 aliphatic carbocycles. The van der Waals surface area contributed by atoms with Gasteiger partial charge in [-0.15, -0.1) is 22.7 Å². The van der Waals surface area contributed by atoms with Gasteiger partial charge in [0.25, 0.3) is 0 Å². The van der Waals surface area contributed by atoms with Gasteiger partial charge in [0.05, 0.1) is 10.7 Å². The van der Waals surface area contributed by atoms with E-state index in [1.165, 1.54) is 10.6 Å². The minimum absolute atomic E-state index is 0.0954. The molecule has 5 heteroatoms. The molecule has 2 heterocycles. The molecule has 0 fully saturated rings. The molecule has 1 atom stereocenters. The predicted molar refractivity (Wildman–Crippen MR) is 91.0 cm³/mol. The summed E-state index contributed by atoms with van der Waals surface area (Å²) >= 11 is 3.45. The monoisotopic (exact) mass is 321 g/mol. The second-order valence-electron chi connectivity index (χ2n) is 7.77. The van der Waals surface area contributed by atoms with Crippen LogP contribution in [0.5, 0.6) is 0 Å². The van der Waals surface area contributed by atoms with Crippen molar-refractivity contribution >= 4 is 22.7 Å². The third-order valence-electron chi connectivity index (χ3n) is 3.85. The van der Waals surface area contributed by atoms with Crippen molar-refractivity contribution in [3.63, 3.8) is 0 Å². The van der Waals surface area contributed by atoms with Gasteiger partial charge in [0.2, 0.25) is 0 Å². The van der Waals surface area contributed by atoms with E-state index in [4.69, 9.17) is 15.7 Å². The molecule has 0 saturated carbocycles. The Labute approximate surface area is 134 Å². The summed E-state index contributed by atoms with van der Waals surface area (Å²) in [7, 11) is 0. The summed E-state index contributed by atoms with van der Waals surface area (Å²) in [6.07, 6.45) is 2.05. The lowest BCUT2D eigenvalue weighted by Crippen LogP contribution is -2.28. The number of hydrogen-bond acceptors (Lipinski definition) is 5. The van der Waals surface area contributed by atoms with Crippen LogP contribution in [0, 0.1) is 5.41 Å². The first-order valence-corrected chi connectivity index (χ1v) is 9.07. The fraction of sp³-hybridized carbons (Fsp3) is 0.625. The number of hydrogen-bond donors (Lipinski definition) is 1. The van der Waals surface area contributed by atoms with E-state index in [9.17, 15) is 0 Å². The van der Waals surface area contributed by atoms with E-state index in [0.717, 1.165) is 28.6 Å². The third kappa shape index (κ3) is 2.91. The highest BCUT2D eigenvalue weighted by atomic mass is 32.1. The lowest BCUT2D eigenvalue weighted by molar-refractivity contribution is 0.282. The Morgan fingerprint density at radius 1 is 1.29 bits per heavy atom. The van der Waals surface area contributed by atoms with Crippen LogP contribution < -0.4 is 5.73 Å². The maximum absolute atomic E-state index is 6.34. The molecule has 114 valence electrons. The van der Waals surface area contributed by atoms with Crippen LogP contribution in [0.1, 0.15) is 62.7 Å². The van der Waals surface area contributed by atoms with E-state index in [2.05, 4.69) is 40.0 Å². The zero-order chi connectivity index (χ0) is 15.4. The molecule has 0 radical (unpaired) electrons. The van der Waals surface area contributed by atoms with Gasteiger partial charge in [-0.05, 0) is 18.3 Å². The molecule has 0 aliphatic heterocycles. The van der Waals surface area contributed by atoms with Crippen molar-refractivity contribution < 1.29 is 0 Å². The first kappa shape index (κ1) is 15.1. The van der Waals surface area contributed by atoms with Crippen LogP contribution in [0.4, 0.5) is 0 Å². The van der Waals surface area contributed by atoms with Gasteiger partial charge >= 0.3 is 0 Å². The Morgan fingerprint density at radius 3 is 2.62 bits per heavy atom. The molecular formula is C16H23N3S2. The van der Waals surface area contributed by atoms with Gasteiger partial charge in [-0.2, -0.15) is 0 Å². The standard InChI is InChI=1S/C16H23N3S2/c1-15(2,3)14-19-11(8-20-14)13-18-10-7-16(4,5)6-9(17)12(10)21-13/h8-9H,6-7,17H2,1-5H3. The van der Waals surface area contributed by atoms with Gasteiger partial charge in [-0.25, -0.2) is 9.97 Å². The topological polar surface area (TPSA) is 51.8 Å². The maximum Gasteiger partial charge on any atom is 0.143 e. The third-order valence-corrected chi connectivity index (χ3v) is 6.37. The number of fused-ring (bicyclic) bond motifs is 1. The molecule has 1 aliphatic rings. The zero-order valence-corrected chi connectivity index (χ0v) is 15.0. The van der Waals surface area contributed by atoms with Crippen LogP contribution in [0.3, 0.4) is 0 Å². The van der Waals surface area contributed by atoms with Crippen molar-refractivity contribution in [2.75, 3.05) is 0 Å². The molecule has 0 spiro atoms. The van der Waals surface area contributed by atoms with E-state index in [0.29, 0.717) is 0 Å². The predicted octanol–water partition coefficient (Wildman–Crippen LogP) is 4.54.